The first-order valence-electron chi connectivity index (χ1n) is 7.15. The summed E-state index contributed by atoms with van der Waals surface area (Å²) in [5.41, 5.74) is 1.35. The van der Waals surface area contributed by atoms with Crippen LogP contribution in [0.25, 0.3) is 0 Å². The van der Waals surface area contributed by atoms with Gasteiger partial charge in [-0.3, -0.25) is 4.98 Å². The van der Waals surface area contributed by atoms with Crippen molar-refractivity contribution in [1.82, 2.24) is 10.3 Å². The summed E-state index contributed by atoms with van der Waals surface area (Å²) in [6.07, 6.45) is 11.0. The lowest BCUT2D eigenvalue weighted by Crippen LogP contribution is -2.21. The third kappa shape index (κ3) is 5.15. The van der Waals surface area contributed by atoms with Gasteiger partial charge in [0.2, 0.25) is 0 Å². The molecule has 100 valence electrons. The summed E-state index contributed by atoms with van der Waals surface area (Å²) in [7, 11) is 0. The van der Waals surface area contributed by atoms with Crippen LogP contribution in [-0.2, 0) is 11.2 Å². The Labute approximate surface area is 110 Å². The summed E-state index contributed by atoms with van der Waals surface area (Å²) in [5.74, 6) is 0. The molecule has 3 nitrogen and oxygen atoms in total. The zero-order valence-electron chi connectivity index (χ0n) is 11.1. The van der Waals surface area contributed by atoms with Gasteiger partial charge in [0.15, 0.2) is 0 Å². The number of aryl methyl sites for hydroxylation is 1. The number of hydrogen-bond acceptors (Lipinski definition) is 3. The fourth-order valence-electron chi connectivity index (χ4n) is 2.46. The average molecular weight is 248 g/mol. The number of ether oxygens (including phenoxy) is 1. The van der Waals surface area contributed by atoms with Crippen molar-refractivity contribution in [3.05, 3.63) is 30.1 Å². The minimum absolute atomic E-state index is 0.755. The third-order valence-corrected chi connectivity index (χ3v) is 3.51. The molecule has 1 aromatic rings. The molecule has 1 atom stereocenters. The van der Waals surface area contributed by atoms with E-state index in [1.807, 2.05) is 12.4 Å². The molecule has 1 aliphatic rings. The van der Waals surface area contributed by atoms with Crippen molar-refractivity contribution in [2.45, 2.75) is 44.6 Å². The highest BCUT2D eigenvalue weighted by Crippen LogP contribution is 2.10. The van der Waals surface area contributed by atoms with Gasteiger partial charge in [-0.2, -0.15) is 0 Å². The molecule has 0 radical (unpaired) electrons. The molecular formula is C15H24N2O. The molecule has 2 rings (SSSR count). The van der Waals surface area contributed by atoms with Crippen molar-refractivity contribution in [2.24, 2.45) is 0 Å². The lowest BCUT2D eigenvalue weighted by Gasteiger charge is -2.09. The Hall–Kier alpha value is -0.930. The summed E-state index contributed by atoms with van der Waals surface area (Å²) in [5, 5.41) is 3.52. The van der Waals surface area contributed by atoms with Crippen LogP contribution in [0.1, 0.15) is 37.7 Å². The van der Waals surface area contributed by atoms with Gasteiger partial charge in [-0.05, 0) is 62.8 Å². The second-order valence-corrected chi connectivity index (χ2v) is 5.01. The van der Waals surface area contributed by atoms with Gasteiger partial charge in [0.1, 0.15) is 0 Å². The molecule has 1 aromatic heterocycles. The Morgan fingerprint density at radius 2 is 2.06 bits per heavy atom. The van der Waals surface area contributed by atoms with E-state index in [1.165, 1.54) is 37.8 Å². The quantitative estimate of drug-likeness (QED) is 0.718. The SMILES string of the molecule is c1cc(CCCOCCCC2CCCN2)ccn1. The van der Waals surface area contributed by atoms with Gasteiger partial charge in [-0.1, -0.05) is 0 Å². The van der Waals surface area contributed by atoms with Crippen molar-refractivity contribution in [3.8, 4) is 0 Å². The number of rotatable bonds is 8. The molecule has 0 saturated carbocycles. The van der Waals surface area contributed by atoms with Crippen molar-refractivity contribution < 1.29 is 4.74 Å². The van der Waals surface area contributed by atoms with E-state index in [-0.39, 0.29) is 0 Å². The molecule has 18 heavy (non-hydrogen) atoms. The van der Waals surface area contributed by atoms with Crippen molar-refractivity contribution >= 4 is 0 Å². The first-order valence-corrected chi connectivity index (χ1v) is 7.15. The molecule has 1 saturated heterocycles. The maximum absolute atomic E-state index is 5.67. The molecule has 2 heterocycles. The van der Waals surface area contributed by atoms with E-state index in [4.69, 9.17) is 4.74 Å². The third-order valence-electron chi connectivity index (χ3n) is 3.51. The summed E-state index contributed by atoms with van der Waals surface area (Å²) in [4.78, 5) is 4.01. The highest BCUT2D eigenvalue weighted by Gasteiger charge is 2.12. The molecule has 0 aliphatic carbocycles. The molecule has 1 aliphatic heterocycles. The number of pyridine rings is 1. The number of nitrogens with one attached hydrogen (secondary N) is 1. The van der Waals surface area contributed by atoms with Crippen LogP contribution in [-0.4, -0.2) is 30.8 Å². The molecule has 0 aromatic carbocycles. The van der Waals surface area contributed by atoms with Crippen LogP contribution in [0.15, 0.2) is 24.5 Å². The van der Waals surface area contributed by atoms with E-state index >= 15 is 0 Å². The first kappa shape index (κ1) is 13.5. The molecule has 1 N–H and O–H groups in total. The number of hydrogen-bond donors (Lipinski definition) is 1. The number of aromatic nitrogens is 1. The Kier molecular flexibility index (Phi) is 6.17. The van der Waals surface area contributed by atoms with Gasteiger partial charge in [0, 0.05) is 31.6 Å². The largest absolute Gasteiger partial charge is 0.381 e. The smallest absolute Gasteiger partial charge is 0.0469 e. The molecule has 1 unspecified atom stereocenters. The number of nitrogens with zero attached hydrogens (tertiary/aromatic N) is 1. The van der Waals surface area contributed by atoms with Crippen molar-refractivity contribution in [1.29, 1.82) is 0 Å². The fraction of sp³-hybridized carbons (Fsp3) is 0.667. The van der Waals surface area contributed by atoms with Crippen LogP contribution < -0.4 is 5.32 Å². The van der Waals surface area contributed by atoms with Crippen LogP contribution in [0.4, 0.5) is 0 Å². The molecule has 0 spiro atoms. The van der Waals surface area contributed by atoms with Crippen LogP contribution in [0.2, 0.25) is 0 Å². The lowest BCUT2D eigenvalue weighted by molar-refractivity contribution is 0.126. The summed E-state index contributed by atoms with van der Waals surface area (Å²) >= 11 is 0. The first-order chi connectivity index (χ1) is 8.95. The maximum Gasteiger partial charge on any atom is 0.0469 e. The normalized spacial score (nSPS) is 19.2. The highest BCUT2D eigenvalue weighted by atomic mass is 16.5. The van der Waals surface area contributed by atoms with Gasteiger partial charge in [-0.15, -0.1) is 0 Å². The van der Waals surface area contributed by atoms with E-state index in [0.717, 1.165) is 32.1 Å². The van der Waals surface area contributed by atoms with Gasteiger partial charge in [0.05, 0.1) is 0 Å². The zero-order valence-corrected chi connectivity index (χ0v) is 11.1. The van der Waals surface area contributed by atoms with Crippen LogP contribution in [0, 0.1) is 0 Å². The summed E-state index contributed by atoms with van der Waals surface area (Å²) < 4.78 is 5.67. The molecule has 3 heteroatoms. The van der Waals surface area contributed by atoms with E-state index in [1.54, 1.807) is 0 Å². The Morgan fingerprint density at radius 1 is 1.22 bits per heavy atom. The monoisotopic (exact) mass is 248 g/mol. The summed E-state index contributed by atoms with van der Waals surface area (Å²) in [6, 6.07) is 4.91. The Morgan fingerprint density at radius 3 is 2.83 bits per heavy atom. The van der Waals surface area contributed by atoms with Gasteiger partial charge < -0.3 is 10.1 Å². The Balaban J connectivity index is 1.42. The van der Waals surface area contributed by atoms with E-state index in [2.05, 4.69) is 22.4 Å². The van der Waals surface area contributed by atoms with Crippen LogP contribution >= 0.6 is 0 Å². The van der Waals surface area contributed by atoms with Gasteiger partial charge >= 0.3 is 0 Å². The minimum atomic E-state index is 0.755. The van der Waals surface area contributed by atoms with E-state index in [9.17, 15) is 0 Å². The maximum atomic E-state index is 5.67. The van der Waals surface area contributed by atoms with Crippen molar-refractivity contribution in [3.63, 3.8) is 0 Å². The second-order valence-electron chi connectivity index (χ2n) is 5.01. The minimum Gasteiger partial charge on any atom is -0.381 e. The standard InChI is InChI=1S/C15H24N2O/c1-5-15(17-9-1)6-3-13-18-12-2-4-14-7-10-16-11-8-14/h7-8,10-11,15,17H,1-6,9,12-13H2. The van der Waals surface area contributed by atoms with E-state index in [0.29, 0.717) is 0 Å². The van der Waals surface area contributed by atoms with Crippen LogP contribution in [0.5, 0.6) is 0 Å². The molecule has 0 bridgehead atoms. The molecule has 0 amide bonds. The van der Waals surface area contributed by atoms with E-state index < -0.39 is 0 Å². The van der Waals surface area contributed by atoms with Gasteiger partial charge in [0.25, 0.3) is 0 Å². The topological polar surface area (TPSA) is 34.1 Å². The predicted octanol–water partition coefficient (Wildman–Crippen LogP) is 2.56. The average Bonchev–Trinajstić information content (AvgIpc) is 2.92. The molecule has 1 fully saturated rings. The second kappa shape index (κ2) is 8.22. The summed E-state index contributed by atoms with van der Waals surface area (Å²) in [6.45, 7) is 2.99. The predicted molar refractivity (Wildman–Crippen MR) is 73.6 cm³/mol. The highest BCUT2D eigenvalue weighted by molar-refractivity contribution is 5.09. The van der Waals surface area contributed by atoms with Crippen molar-refractivity contribution in [2.75, 3.05) is 19.8 Å². The lowest BCUT2D eigenvalue weighted by atomic mass is 10.1. The molecular weight excluding hydrogens is 224 g/mol. The van der Waals surface area contributed by atoms with Crippen LogP contribution in [0.3, 0.4) is 0 Å². The van der Waals surface area contributed by atoms with Gasteiger partial charge in [-0.25, -0.2) is 0 Å². The fourth-order valence-corrected chi connectivity index (χ4v) is 2.46. The Bertz CT molecular complexity index is 310. The zero-order chi connectivity index (χ0) is 12.5.